The molecular formula is C33H24F2N8O3S. The number of rotatable bonds is 8. The van der Waals surface area contributed by atoms with E-state index in [-0.39, 0.29) is 35.1 Å². The molecule has 0 spiro atoms. The van der Waals surface area contributed by atoms with Crippen LogP contribution in [-0.2, 0) is 16.6 Å². The van der Waals surface area contributed by atoms with Gasteiger partial charge in [0.2, 0.25) is 10.0 Å². The van der Waals surface area contributed by atoms with Crippen LogP contribution in [0.2, 0.25) is 0 Å². The lowest BCUT2D eigenvalue weighted by molar-refractivity contribution is 0.102. The summed E-state index contributed by atoms with van der Waals surface area (Å²) in [7, 11) is -3.48. The van der Waals surface area contributed by atoms with E-state index in [1.807, 2.05) is 6.07 Å². The highest BCUT2D eigenvalue weighted by Gasteiger charge is 2.22. The van der Waals surface area contributed by atoms with Crippen LogP contribution in [0.5, 0.6) is 0 Å². The molecule has 0 saturated carbocycles. The van der Waals surface area contributed by atoms with Crippen LogP contribution in [0.15, 0.2) is 91.4 Å². The van der Waals surface area contributed by atoms with Gasteiger partial charge in [-0.25, -0.2) is 26.9 Å². The molecule has 0 saturated heterocycles. The quantitative estimate of drug-likeness (QED) is 0.162. The van der Waals surface area contributed by atoms with Crippen molar-refractivity contribution in [2.24, 2.45) is 0 Å². The number of sulfonamides is 1. The van der Waals surface area contributed by atoms with Crippen LogP contribution in [0.4, 0.5) is 14.5 Å². The number of nitrogens with one attached hydrogen (secondary N) is 4. The first-order valence-electron chi connectivity index (χ1n) is 14.2. The molecule has 0 bridgehead atoms. The fourth-order valence-electron chi connectivity index (χ4n) is 5.28. The van der Waals surface area contributed by atoms with Crippen molar-refractivity contribution in [2.75, 3.05) is 11.6 Å². The van der Waals surface area contributed by atoms with Gasteiger partial charge in [0.05, 0.1) is 46.3 Å². The number of anilines is 1. The van der Waals surface area contributed by atoms with Crippen molar-refractivity contribution >= 4 is 43.6 Å². The van der Waals surface area contributed by atoms with E-state index in [1.54, 1.807) is 54.6 Å². The van der Waals surface area contributed by atoms with Crippen molar-refractivity contribution in [2.45, 2.75) is 6.54 Å². The number of hydrogen-bond donors (Lipinski definition) is 4. The summed E-state index contributed by atoms with van der Waals surface area (Å²) in [4.78, 5) is 29.0. The van der Waals surface area contributed by atoms with Crippen LogP contribution in [0.25, 0.3) is 55.8 Å². The minimum atomic E-state index is -3.48. The number of aromatic nitrogens is 6. The number of halogens is 2. The Morgan fingerprint density at radius 2 is 1.72 bits per heavy atom. The summed E-state index contributed by atoms with van der Waals surface area (Å²) in [5.41, 5.74) is 4.24. The fraction of sp³-hybridized carbons (Fsp3) is 0.0606. The molecule has 7 aromatic rings. The third-order valence-electron chi connectivity index (χ3n) is 7.39. The molecule has 7 rings (SSSR count). The zero-order valence-electron chi connectivity index (χ0n) is 24.5. The second-order valence-corrected chi connectivity index (χ2v) is 12.6. The van der Waals surface area contributed by atoms with E-state index >= 15 is 4.39 Å². The Labute approximate surface area is 266 Å². The molecule has 0 aliphatic carbocycles. The van der Waals surface area contributed by atoms with Crippen molar-refractivity contribution < 1.29 is 22.0 Å². The molecule has 0 fully saturated rings. The predicted octanol–water partition coefficient (Wildman–Crippen LogP) is 5.81. The summed E-state index contributed by atoms with van der Waals surface area (Å²) in [5.74, 6) is -1.30. The largest absolute Gasteiger partial charge is 0.337 e. The van der Waals surface area contributed by atoms with Gasteiger partial charge in [-0.2, -0.15) is 5.10 Å². The first kappa shape index (κ1) is 29.8. The smallest absolute Gasteiger partial charge is 0.255 e. The standard InChI is InChI=1S/C33H24F2N8O3S/c1-47(45,46)38-14-18-10-20(12-22(34)11-18)24-8-5-9-25-30(24)41-32(40-25)31-27-26(42-43-31)17-37-29(28(27)35)21-13-23(16-36-15-21)39-33(44)19-6-3-2-4-7-19/h2-13,15-17,38H,14H2,1H3,(H,39,44)(H,40,41)(H,42,43). The third kappa shape index (κ3) is 6.06. The molecule has 4 aromatic heterocycles. The van der Waals surface area contributed by atoms with E-state index in [0.29, 0.717) is 50.1 Å². The summed E-state index contributed by atoms with van der Waals surface area (Å²) in [5, 5.41) is 10.0. The van der Waals surface area contributed by atoms with Crippen LogP contribution in [0, 0.1) is 11.6 Å². The molecule has 0 unspecified atom stereocenters. The van der Waals surface area contributed by atoms with Gasteiger partial charge >= 0.3 is 0 Å². The van der Waals surface area contributed by atoms with E-state index in [1.165, 1.54) is 30.7 Å². The molecule has 11 nitrogen and oxygen atoms in total. The maximum Gasteiger partial charge on any atom is 0.255 e. The molecule has 0 radical (unpaired) electrons. The number of para-hydroxylation sites is 1. The molecule has 4 heterocycles. The van der Waals surface area contributed by atoms with Gasteiger partial charge in [0.15, 0.2) is 11.6 Å². The highest BCUT2D eigenvalue weighted by atomic mass is 32.2. The SMILES string of the molecule is CS(=O)(=O)NCc1cc(F)cc(-c2cccc3[nH]c(-c4n[nH]c5cnc(-c6cncc(NC(=O)c7ccccc7)c6)c(F)c45)nc23)c1. The number of imidazole rings is 1. The number of fused-ring (bicyclic) bond motifs is 2. The van der Waals surface area contributed by atoms with E-state index < -0.39 is 21.7 Å². The number of nitrogens with zero attached hydrogens (tertiary/aromatic N) is 4. The van der Waals surface area contributed by atoms with Crippen LogP contribution >= 0.6 is 0 Å². The monoisotopic (exact) mass is 650 g/mol. The zero-order valence-corrected chi connectivity index (χ0v) is 25.4. The molecule has 47 heavy (non-hydrogen) atoms. The van der Waals surface area contributed by atoms with Gasteiger partial charge in [0.25, 0.3) is 5.91 Å². The summed E-state index contributed by atoms with van der Waals surface area (Å²) < 4.78 is 56.4. The van der Waals surface area contributed by atoms with Crippen molar-refractivity contribution in [1.29, 1.82) is 0 Å². The number of carbonyl (C=O) groups is 1. The van der Waals surface area contributed by atoms with Gasteiger partial charge in [-0.05, 0) is 53.6 Å². The lowest BCUT2D eigenvalue weighted by Crippen LogP contribution is -2.21. The molecule has 1 amide bonds. The van der Waals surface area contributed by atoms with Gasteiger partial charge in [-0.3, -0.25) is 19.9 Å². The summed E-state index contributed by atoms with van der Waals surface area (Å²) in [6, 6.07) is 19.8. The van der Waals surface area contributed by atoms with Crippen LogP contribution in [-0.4, -0.2) is 50.7 Å². The van der Waals surface area contributed by atoms with Crippen molar-refractivity contribution in [3.63, 3.8) is 0 Å². The summed E-state index contributed by atoms with van der Waals surface area (Å²) >= 11 is 0. The number of pyridine rings is 2. The molecule has 0 aliphatic rings. The van der Waals surface area contributed by atoms with E-state index in [2.05, 4.69) is 35.2 Å². The average molecular weight is 651 g/mol. The lowest BCUT2D eigenvalue weighted by Gasteiger charge is -2.08. The zero-order chi connectivity index (χ0) is 32.7. The van der Waals surface area contributed by atoms with Gasteiger partial charge in [-0.15, -0.1) is 0 Å². The number of aromatic amines is 2. The highest BCUT2D eigenvalue weighted by Crippen LogP contribution is 2.35. The Kier molecular flexibility index (Phi) is 7.50. The molecule has 3 aromatic carbocycles. The third-order valence-corrected chi connectivity index (χ3v) is 8.06. The van der Waals surface area contributed by atoms with Gasteiger partial charge in [0, 0.05) is 29.4 Å². The van der Waals surface area contributed by atoms with Crippen LogP contribution < -0.4 is 10.0 Å². The first-order chi connectivity index (χ1) is 22.6. The topological polar surface area (TPSA) is 158 Å². The maximum absolute atomic E-state index is 16.3. The molecule has 0 atom stereocenters. The Morgan fingerprint density at radius 3 is 2.53 bits per heavy atom. The maximum atomic E-state index is 16.3. The van der Waals surface area contributed by atoms with Crippen LogP contribution in [0.3, 0.4) is 0 Å². The molecule has 14 heteroatoms. The van der Waals surface area contributed by atoms with E-state index in [9.17, 15) is 17.6 Å². The Balaban J connectivity index is 1.25. The van der Waals surface area contributed by atoms with Crippen molar-refractivity contribution in [1.82, 2.24) is 34.9 Å². The normalized spacial score (nSPS) is 11.7. The fourth-order valence-corrected chi connectivity index (χ4v) is 5.71. The summed E-state index contributed by atoms with van der Waals surface area (Å²) in [6.07, 6.45) is 5.38. The van der Waals surface area contributed by atoms with E-state index in [4.69, 9.17) is 4.98 Å². The predicted molar refractivity (Wildman–Crippen MR) is 174 cm³/mol. The molecular weight excluding hydrogens is 626 g/mol. The Bertz CT molecular complexity index is 2430. The number of carbonyl (C=O) groups excluding carboxylic acids is 1. The second kappa shape index (κ2) is 11.8. The van der Waals surface area contributed by atoms with Gasteiger partial charge < -0.3 is 10.3 Å². The second-order valence-electron chi connectivity index (χ2n) is 10.8. The Hall–Kier alpha value is -5.86. The number of H-pyrrole nitrogens is 2. The van der Waals surface area contributed by atoms with Gasteiger partial charge in [-0.1, -0.05) is 30.3 Å². The number of benzene rings is 3. The van der Waals surface area contributed by atoms with Crippen molar-refractivity contribution in [3.05, 3.63) is 114 Å². The number of hydrogen-bond acceptors (Lipinski definition) is 7. The highest BCUT2D eigenvalue weighted by molar-refractivity contribution is 7.88. The molecule has 0 aliphatic heterocycles. The average Bonchev–Trinajstić information content (AvgIpc) is 3.69. The van der Waals surface area contributed by atoms with Crippen molar-refractivity contribution in [3.8, 4) is 33.9 Å². The molecule has 234 valence electrons. The first-order valence-corrected chi connectivity index (χ1v) is 16.1. The minimum Gasteiger partial charge on any atom is -0.337 e. The summed E-state index contributed by atoms with van der Waals surface area (Å²) in [6.45, 7) is -0.0852. The minimum absolute atomic E-state index is 0.00439. The molecule has 4 N–H and O–H groups in total. The Morgan fingerprint density at radius 1 is 0.894 bits per heavy atom. The van der Waals surface area contributed by atoms with Crippen LogP contribution in [0.1, 0.15) is 15.9 Å². The number of amides is 1. The van der Waals surface area contributed by atoms with E-state index in [0.717, 1.165) is 6.26 Å². The van der Waals surface area contributed by atoms with Gasteiger partial charge in [0.1, 0.15) is 17.2 Å². The lowest BCUT2D eigenvalue weighted by atomic mass is 10.0.